The molecule has 0 amide bonds. The minimum absolute atomic E-state index is 0.324. The van der Waals surface area contributed by atoms with Crippen LogP contribution in [-0.4, -0.2) is 31.4 Å². The number of rotatable bonds is 3. The molecular weight excluding hydrogens is 240 g/mol. The van der Waals surface area contributed by atoms with Crippen LogP contribution in [0.1, 0.15) is 37.0 Å². The first-order chi connectivity index (χ1) is 9.15. The summed E-state index contributed by atoms with van der Waals surface area (Å²) in [6.07, 6.45) is 1.76. The van der Waals surface area contributed by atoms with E-state index >= 15 is 0 Å². The normalized spacial score (nSPS) is 18.1. The van der Waals surface area contributed by atoms with Crippen molar-refractivity contribution in [3.8, 4) is 6.07 Å². The monoisotopic (exact) mass is 260 g/mol. The Kier molecular flexibility index (Phi) is 4.41. The van der Waals surface area contributed by atoms with E-state index in [1.54, 1.807) is 20.1 Å². The third-order valence-corrected chi connectivity index (χ3v) is 3.73. The summed E-state index contributed by atoms with van der Waals surface area (Å²) in [4.78, 5) is 2.23. The number of aliphatic hydroxyl groups excluding tert-OH is 1. The molecule has 1 N–H and O–H groups in total. The summed E-state index contributed by atoms with van der Waals surface area (Å²) in [6.45, 7) is 3.55. The average Bonchev–Trinajstić information content (AvgIpc) is 2.46. The van der Waals surface area contributed by atoms with E-state index in [-0.39, 0.29) is 0 Å². The Bertz CT molecular complexity index is 472. The van der Waals surface area contributed by atoms with Gasteiger partial charge in [-0.1, -0.05) is 6.07 Å². The summed E-state index contributed by atoms with van der Waals surface area (Å²) in [6, 6.07) is 7.64. The van der Waals surface area contributed by atoms with Gasteiger partial charge in [0.05, 0.1) is 23.8 Å². The first-order valence-corrected chi connectivity index (χ1v) is 6.65. The van der Waals surface area contributed by atoms with Crippen LogP contribution in [0.2, 0.25) is 0 Å². The van der Waals surface area contributed by atoms with E-state index in [0.29, 0.717) is 11.7 Å². The zero-order chi connectivity index (χ0) is 13.8. The molecule has 0 bridgehead atoms. The number of hydrogen-bond acceptors (Lipinski definition) is 4. The average molecular weight is 260 g/mol. The third-order valence-electron chi connectivity index (χ3n) is 3.73. The largest absolute Gasteiger partial charge is 0.389 e. The van der Waals surface area contributed by atoms with E-state index in [1.165, 1.54) is 0 Å². The van der Waals surface area contributed by atoms with Crippen molar-refractivity contribution in [1.82, 2.24) is 0 Å². The number of nitriles is 1. The van der Waals surface area contributed by atoms with E-state index < -0.39 is 6.10 Å². The fourth-order valence-corrected chi connectivity index (χ4v) is 2.57. The summed E-state index contributed by atoms with van der Waals surface area (Å²) in [5.74, 6) is 0. The number of methoxy groups -OCH3 is 1. The predicted molar refractivity (Wildman–Crippen MR) is 74.0 cm³/mol. The molecule has 1 saturated heterocycles. The Morgan fingerprint density at radius 1 is 1.42 bits per heavy atom. The molecule has 1 aromatic carbocycles. The van der Waals surface area contributed by atoms with Crippen molar-refractivity contribution in [3.05, 3.63) is 29.3 Å². The summed E-state index contributed by atoms with van der Waals surface area (Å²) in [5, 5.41) is 18.9. The number of aliphatic hydroxyl groups is 1. The van der Waals surface area contributed by atoms with Crippen LogP contribution < -0.4 is 4.90 Å². The lowest BCUT2D eigenvalue weighted by molar-refractivity contribution is 0.0818. The molecule has 19 heavy (non-hydrogen) atoms. The Balaban J connectivity index is 2.25. The maximum atomic E-state index is 9.86. The fourth-order valence-electron chi connectivity index (χ4n) is 2.57. The lowest BCUT2D eigenvalue weighted by atomic mass is 10.0. The Morgan fingerprint density at radius 3 is 2.63 bits per heavy atom. The molecule has 0 radical (unpaired) electrons. The summed E-state index contributed by atoms with van der Waals surface area (Å²) < 4.78 is 5.37. The predicted octanol–water partition coefficient (Wildman–Crippen LogP) is 2.23. The van der Waals surface area contributed by atoms with Crippen LogP contribution in [0.4, 0.5) is 5.69 Å². The second-order valence-electron chi connectivity index (χ2n) is 4.98. The van der Waals surface area contributed by atoms with Gasteiger partial charge in [-0.25, -0.2) is 0 Å². The Labute approximate surface area is 114 Å². The Hall–Kier alpha value is -1.57. The van der Waals surface area contributed by atoms with E-state index in [9.17, 15) is 5.11 Å². The second kappa shape index (κ2) is 6.05. The minimum atomic E-state index is -0.525. The van der Waals surface area contributed by atoms with Crippen molar-refractivity contribution in [1.29, 1.82) is 5.26 Å². The summed E-state index contributed by atoms with van der Waals surface area (Å²) in [7, 11) is 1.75. The topological polar surface area (TPSA) is 56.5 Å². The van der Waals surface area contributed by atoms with Gasteiger partial charge in [0.1, 0.15) is 0 Å². The van der Waals surface area contributed by atoms with Crippen LogP contribution >= 0.6 is 0 Å². The summed E-state index contributed by atoms with van der Waals surface area (Å²) >= 11 is 0. The van der Waals surface area contributed by atoms with Crippen molar-refractivity contribution in [2.45, 2.75) is 32.0 Å². The number of anilines is 1. The van der Waals surface area contributed by atoms with Crippen molar-refractivity contribution in [3.63, 3.8) is 0 Å². The third kappa shape index (κ3) is 3.06. The first-order valence-electron chi connectivity index (χ1n) is 6.65. The number of hydrogen-bond donors (Lipinski definition) is 1. The number of ether oxygens (including phenoxy) is 1. The molecule has 1 fully saturated rings. The second-order valence-corrected chi connectivity index (χ2v) is 4.98. The molecule has 2 rings (SSSR count). The maximum Gasteiger partial charge on any atom is 0.0992 e. The molecule has 0 unspecified atom stereocenters. The molecular formula is C15H20N2O2. The maximum absolute atomic E-state index is 9.86. The van der Waals surface area contributed by atoms with Crippen LogP contribution in [0.25, 0.3) is 0 Å². The van der Waals surface area contributed by atoms with E-state index in [4.69, 9.17) is 10.00 Å². The standard InChI is InChI=1S/C15H20N2O2/c1-11(18)14-4-3-12(10-16)9-15(14)17-7-5-13(19-2)6-8-17/h3-4,9,11,13,18H,5-8H2,1-2H3/t11-/m0/s1. The van der Waals surface area contributed by atoms with Crippen LogP contribution in [-0.2, 0) is 4.74 Å². The van der Waals surface area contributed by atoms with Crippen LogP contribution in [0.15, 0.2) is 18.2 Å². The highest BCUT2D eigenvalue weighted by Gasteiger charge is 2.22. The molecule has 4 nitrogen and oxygen atoms in total. The Morgan fingerprint density at radius 2 is 2.11 bits per heavy atom. The van der Waals surface area contributed by atoms with Gasteiger partial charge in [-0.15, -0.1) is 0 Å². The highest BCUT2D eigenvalue weighted by molar-refractivity contribution is 5.58. The van der Waals surface area contributed by atoms with Crippen molar-refractivity contribution >= 4 is 5.69 Å². The molecule has 1 aromatic rings. The minimum Gasteiger partial charge on any atom is -0.389 e. The molecule has 0 spiro atoms. The number of piperidine rings is 1. The van der Waals surface area contributed by atoms with E-state index in [1.807, 2.05) is 12.1 Å². The van der Waals surface area contributed by atoms with Crippen LogP contribution in [0.3, 0.4) is 0 Å². The summed E-state index contributed by atoms with van der Waals surface area (Å²) in [5.41, 5.74) is 2.49. The fraction of sp³-hybridized carbons (Fsp3) is 0.533. The highest BCUT2D eigenvalue weighted by atomic mass is 16.5. The van der Waals surface area contributed by atoms with Gasteiger partial charge in [-0.05, 0) is 31.9 Å². The lowest BCUT2D eigenvalue weighted by Gasteiger charge is -2.34. The van der Waals surface area contributed by atoms with Gasteiger partial charge in [-0.3, -0.25) is 0 Å². The lowest BCUT2D eigenvalue weighted by Crippen LogP contribution is -2.37. The van der Waals surface area contributed by atoms with Gasteiger partial charge in [0.15, 0.2) is 0 Å². The smallest absolute Gasteiger partial charge is 0.0992 e. The van der Waals surface area contributed by atoms with E-state index in [0.717, 1.165) is 37.2 Å². The molecule has 4 heteroatoms. The molecule has 0 aliphatic carbocycles. The van der Waals surface area contributed by atoms with Gasteiger partial charge < -0.3 is 14.7 Å². The first kappa shape index (κ1) is 13.9. The van der Waals surface area contributed by atoms with Gasteiger partial charge >= 0.3 is 0 Å². The van der Waals surface area contributed by atoms with Gasteiger partial charge in [0.25, 0.3) is 0 Å². The molecule has 1 heterocycles. The number of benzene rings is 1. The molecule has 0 saturated carbocycles. The van der Waals surface area contributed by atoms with Gasteiger partial charge in [0.2, 0.25) is 0 Å². The van der Waals surface area contributed by atoms with Crippen LogP contribution in [0.5, 0.6) is 0 Å². The van der Waals surface area contributed by atoms with Gasteiger partial charge in [-0.2, -0.15) is 5.26 Å². The zero-order valence-electron chi connectivity index (χ0n) is 11.5. The van der Waals surface area contributed by atoms with Crippen molar-refractivity contribution in [2.75, 3.05) is 25.1 Å². The number of nitrogens with zero attached hydrogens (tertiary/aromatic N) is 2. The highest BCUT2D eigenvalue weighted by Crippen LogP contribution is 2.30. The molecule has 0 aromatic heterocycles. The molecule has 1 atom stereocenters. The molecule has 1 aliphatic rings. The molecule has 1 aliphatic heterocycles. The van der Waals surface area contributed by atoms with Crippen molar-refractivity contribution in [2.24, 2.45) is 0 Å². The quantitative estimate of drug-likeness (QED) is 0.905. The van der Waals surface area contributed by atoms with Crippen molar-refractivity contribution < 1.29 is 9.84 Å². The van der Waals surface area contributed by atoms with E-state index in [2.05, 4.69) is 11.0 Å². The molecule has 102 valence electrons. The SMILES string of the molecule is COC1CCN(c2cc(C#N)ccc2[C@H](C)O)CC1. The van der Waals surface area contributed by atoms with Gasteiger partial charge in [0, 0.05) is 31.5 Å². The van der Waals surface area contributed by atoms with Crippen LogP contribution in [0, 0.1) is 11.3 Å². The zero-order valence-corrected chi connectivity index (χ0v) is 11.5.